The molecule has 0 spiro atoms. The molecule has 1 aromatic carbocycles. The van der Waals surface area contributed by atoms with Gasteiger partial charge in [0.15, 0.2) is 0 Å². The summed E-state index contributed by atoms with van der Waals surface area (Å²) in [6.07, 6.45) is 2.91. The Balaban J connectivity index is 1.87. The number of benzene rings is 1. The number of hydrazine groups is 1. The molecular weight excluding hydrogens is 279 g/mol. The zero-order chi connectivity index (χ0) is 14.4. The van der Waals surface area contributed by atoms with Crippen LogP contribution in [0.3, 0.4) is 0 Å². The molecule has 2 rings (SSSR count). The number of carbonyl (C=O) groups excluding carboxylic acids is 2. The number of thiophene rings is 1. The van der Waals surface area contributed by atoms with Gasteiger partial charge in [-0.25, -0.2) is 4.39 Å². The zero-order valence-electron chi connectivity index (χ0n) is 10.3. The van der Waals surface area contributed by atoms with Gasteiger partial charge in [-0.3, -0.25) is 20.4 Å². The molecule has 1 aromatic heterocycles. The molecule has 0 unspecified atom stereocenters. The Morgan fingerprint density at radius 3 is 2.60 bits per heavy atom. The van der Waals surface area contributed by atoms with Crippen LogP contribution in [-0.4, -0.2) is 11.8 Å². The second kappa shape index (κ2) is 6.63. The van der Waals surface area contributed by atoms with Crippen LogP contribution in [0.25, 0.3) is 6.08 Å². The molecule has 0 fully saturated rings. The Labute approximate surface area is 118 Å². The van der Waals surface area contributed by atoms with Gasteiger partial charge in [0.1, 0.15) is 5.82 Å². The Bertz CT molecular complexity index is 638. The Morgan fingerprint density at radius 2 is 1.90 bits per heavy atom. The standard InChI is InChI=1S/C14H11FN2O2S/c15-12-6-2-1-5-11(12)14(19)17-16-13(18)8-7-10-4-3-9-20-10/h1-9H,(H,16,18)(H,17,19). The molecule has 102 valence electrons. The summed E-state index contributed by atoms with van der Waals surface area (Å²) in [5.74, 6) is -1.85. The second-order valence-electron chi connectivity index (χ2n) is 3.77. The number of hydrogen-bond donors (Lipinski definition) is 2. The minimum Gasteiger partial charge on any atom is -0.268 e. The van der Waals surface area contributed by atoms with Crippen LogP contribution in [0.5, 0.6) is 0 Å². The Kier molecular flexibility index (Phi) is 4.62. The second-order valence-corrected chi connectivity index (χ2v) is 4.75. The fourth-order valence-electron chi connectivity index (χ4n) is 1.42. The molecule has 20 heavy (non-hydrogen) atoms. The molecule has 0 saturated carbocycles. The SMILES string of the molecule is O=C(C=Cc1cccs1)NNC(=O)c1ccccc1F. The topological polar surface area (TPSA) is 58.2 Å². The predicted molar refractivity (Wildman–Crippen MR) is 75.4 cm³/mol. The summed E-state index contributed by atoms with van der Waals surface area (Å²) in [5, 5.41) is 1.89. The monoisotopic (exact) mass is 290 g/mol. The average molecular weight is 290 g/mol. The van der Waals surface area contributed by atoms with Gasteiger partial charge >= 0.3 is 0 Å². The maximum atomic E-state index is 13.3. The average Bonchev–Trinajstić information content (AvgIpc) is 2.96. The highest BCUT2D eigenvalue weighted by atomic mass is 32.1. The van der Waals surface area contributed by atoms with E-state index in [0.29, 0.717) is 0 Å². The minimum atomic E-state index is -0.707. The molecule has 2 amide bonds. The highest BCUT2D eigenvalue weighted by molar-refractivity contribution is 7.10. The quantitative estimate of drug-likeness (QED) is 0.673. The van der Waals surface area contributed by atoms with Crippen molar-refractivity contribution in [2.45, 2.75) is 0 Å². The summed E-state index contributed by atoms with van der Waals surface area (Å²) < 4.78 is 13.3. The third-order valence-electron chi connectivity index (χ3n) is 2.36. The normalized spacial score (nSPS) is 10.4. The van der Waals surface area contributed by atoms with Gasteiger partial charge < -0.3 is 0 Å². The lowest BCUT2D eigenvalue weighted by Gasteiger charge is -2.05. The Morgan fingerprint density at radius 1 is 1.10 bits per heavy atom. The van der Waals surface area contributed by atoms with Gasteiger partial charge in [0.05, 0.1) is 5.56 Å². The van der Waals surface area contributed by atoms with E-state index in [1.165, 1.54) is 41.7 Å². The number of amides is 2. The van der Waals surface area contributed by atoms with E-state index in [1.807, 2.05) is 17.5 Å². The fraction of sp³-hybridized carbons (Fsp3) is 0. The van der Waals surface area contributed by atoms with Gasteiger partial charge in [-0.15, -0.1) is 11.3 Å². The van der Waals surface area contributed by atoms with E-state index in [4.69, 9.17) is 0 Å². The zero-order valence-corrected chi connectivity index (χ0v) is 11.1. The van der Waals surface area contributed by atoms with Crippen LogP contribution in [0.15, 0.2) is 47.9 Å². The van der Waals surface area contributed by atoms with E-state index in [1.54, 1.807) is 6.08 Å². The number of rotatable bonds is 3. The van der Waals surface area contributed by atoms with E-state index in [-0.39, 0.29) is 5.56 Å². The van der Waals surface area contributed by atoms with Crippen molar-refractivity contribution in [3.05, 3.63) is 64.1 Å². The number of halogens is 1. The summed E-state index contributed by atoms with van der Waals surface area (Å²) in [5.41, 5.74) is 4.20. The molecule has 4 nitrogen and oxygen atoms in total. The molecule has 0 aliphatic rings. The van der Waals surface area contributed by atoms with Gasteiger partial charge in [-0.1, -0.05) is 18.2 Å². The van der Waals surface area contributed by atoms with Crippen molar-refractivity contribution in [2.75, 3.05) is 0 Å². The van der Waals surface area contributed by atoms with Crippen LogP contribution in [0.2, 0.25) is 0 Å². The van der Waals surface area contributed by atoms with Crippen molar-refractivity contribution < 1.29 is 14.0 Å². The predicted octanol–water partition coefficient (Wildman–Crippen LogP) is 2.36. The van der Waals surface area contributed by atoms with Crippen molar-refractivity contribution in [2.24, 2.45) is 0 Å². The van der Waals surface area contributed by atoms with Gasteiger partial charge in [0.2, 0.25) is 0 Å². The van der Waals surface area contributed by atoms with Crippen LogP contribution >= 0.6 is 11.3 Å². The van der Waals surface area contributed by atoms with E-state index < -0.39 is 17.6 Å². The summed E-state index contributed by atoms with van der Waals surface area (Å²) >= 11 is 1.48. The molecule has 2 N–H and O–H groups in total. The van der Waals surface area contributed by atoms with Gasteiger partial charge in [0, 0.05) is 11.0 Å². The smallest absolute Gasteiger partial charge is 0.268 e. The van der Waals surface area contributed by atoms with E-state index in [2.05, 4.69) is 10.9 Å². The first-order chi connectivity index (χ1) is 9.66. The van der Waals surface area contributed by atoms with E-state index in [9.17, 15) is 14.0 Å². The van der Waals surface area contributed by atoms with Crippen LogP contribution in [0.4, 0.5) is 4.39 Å². The molecule has 0 atom stereocenters. The first-order valence-corrected chi connectivity index (χ1v) is 6.61. The molecular formula is C14H11FN2O2S. The van der Waals surface area contributed by atoms with E-state index in [0.717, 1.165) is 4.88 Å². The summed E-state index contributed by atoms with van der Waals surface area (Å²) in [7, 11) is 0. The maximum absolute atomic E-state index is 13.3. The van der Waals surface area contributed by atoms with Gasteiger partial charge in [0.25, 0.3) is 11.8 Å². The van der Waals surface area contributed by atoms with Crippen molar-refractivity contribution in [3.8, 4) is 0 Å². The minimum absolute atomic E-state index is 0.130. The van der Waals surface area contributed by atoms with Crippen LogP contribution in [0, 0.1) is 5.82 Å². The molecule has 2 aromatic rings. The Hall–Kier alpha value is -2.47. The largest absolute Gasteiger partial charge is 0.272 e. The van der Waals surface area contributed by atoms with Crippen molar-refractivity contribution in [1.82, 2.24) is 10.9 Å². The van der Waals surface area contributed by atoms with Crippen molar-refractivity contribution in [3.63, 3.8) is 0 Å². The van der Waals surface area contributed by atoms with Gasteiger partial charge in [-0.05, 0) is 29.7 Å². The van der Waals surface area contributed by atoms with Crippen molar-refractivity contribution in [1.29, 1.82) is 0 Å². The van der Waals surface area contributed by atoms with Crippen LogP contribution < -0.4 is 10.9 Å². The number of carbonyl (C=O) groups is 2. The molecule has 6 heteroatoms. The lowest BCUT2D eigenvalue weighted by Crippen LogP contribution is -2.41. The maximum Gasteiger partial charge on any atom is 0.272 e. The summed E-state index contributed by atoms with van der Waals surface area (Å²) in [4.78, 5) is 24.0. The van der Waals surface area contributed by atoms with Crippen molar-refractivity contribution >= 4 is 29.2 Å². The van der Waals surface area contributed by atoms with Gasteiger partial charge in [-0.2, -0.15) is 0 Å². The molecule has 0 aliphatic heterocycles. The fourth-order valence-corrected chi connectivity index (χ4v) is 2.03. The van der Waals surface area contributed by atoms with Crippen LogP contribution in [-0.2, 0) is 4.79 Å². The molecule has 0 aliphatic carbocycles. The number of nitrogens with one attached hydrogen (secondary N) is 2. The highest BCUT2D eigenvalue weighted by Gasteiger charge is 2.10. The van der Waals surface area contributed by atoms with E-state index >= 15 is 0 Å². The first-order valence-electron chi connectivity index (χ1n) is 5.73. The lowest BCUT2D eigenvalue weighted by atomic mass is 10.2. The van der Waals surface area contributed by atoms with Crippen LogP contribution in [0.1, 0.15) is 15.2 Å². The molecule has 1 heterocycles. The highest BCUT2D eigenvalue weighted by Crippen LogP contribution is 2.09. The summed E-state index contributed by atoms with van der Waals surface area (Å²) in [6.45, 7) is 0. The molecule has 0 bridgehead atoms. The summed E-state index contributed by atoms with van der Waals surface area (Å²) in [6, 6.07) is 9.24. The lowest BCUT2D eigenvalue weighted by molar-refractivity contribution is -0.117. The number of hydrogen-bond acceptors (Lipinski definition) is 3. The molecule has 0 radical (unpaired) electrons. The third kappa shape index (κ3) is 3.76. The first kappa shape index (κ1) is 14.0. The molecule has 0 saturated heterocycles. The third-order valence-corrected chi connectivity index (χ3v) is 3.20.